The minimum absolute atomic E-state index is 0.292. The number of ether oxygens (including phenoxy) is 2. The molecule has 0 spiro atoms. The summed E-state index contributed by atoms with van der Waals surface area (Å²) < 4.78 is 10.5. The molecule has 1 heterocycles. The van der Waals surface area contributed by atoms with E-state index < -0.39 is 0 Å². The van der Waals surface area contributed by atoms with Crippen molar-refractivity contribution < 1.29 is 14.6 Å². The molecule has 1 N–H and O–H groups in total. The van der Waals surface area contributed by atoms with Crippen molar-refractivity contribution in [3.8, 4) is 11.5 Å². The topological polar surface area (TPSA) is 38.7 Å². The Morgan fingerprint density at radius 1 is 1.40 bits per heavy atom. The van der Waals surface area contributed by atoms with Gasteiger partial charge in [0, 0.05) is 0 Å². The summed E-state index contributed by atoms with van der Waals surface area (Å²) in [4.78, 5) is 0. The molecule has 1 atom stereocenters. The maximum absolute atomic E-state index is 9.37. The highest BCUT2D eigenvalue weighted by Gasteiger charge is 2.12. The Morgan fingerprint density at radius 2 is 2.20 bits per heavy atom. The fourth-order valence-corrected chi connectivity index (χ4v) is 1.38. The number of rotatable bonds is 3. The van der Waals surface area contributed by atoms with Crippen LogP contribution in [0.4, 0.5) is 0 Å². The SMILES string of the molecule is CCC(O)C=Cc1ccc2c(c1)OCO2. The molecule has 0 aromatic heterocycles. The lowest BCUT2D eigenvalue weighted by atomic mass is 10.1. The summed E-state index contributed by atoms with van der Waals surface area (Å²) in [6, 6.07) is 5.72. The van der Waals surface area contributed by atoms with Crippen LogP contribution >= 0.6 is 0 Å². The summed E-state index contributed by atoms with van der Waals surface area (Å²) in [5.41, 5.74) is 1.01. The quantitative estimate of drug-likeness (QED) is 0.824. The first kappa shape index (κ1) is 10.1. The van der Waals surface area contributed by atoms with Crippen LogP contribution < -0.4 is 9.47 Å². The lowest BCUT2D eigenvalue weighted by Crippen LogP contribution is -1.97. The Bertz CT molecular complexity index is 371. The molecule has 3 heteroatoms. The van der Waals surface area contributed by atoms with Gasteiger partial charge in [0.15, 0.2) is 11.5 Å². The van der Waals surface area contributed by atoms with Gasteiger partial charge in [-0.15, -0.1) is 0 Å². The van der Waals surface area contributed by atoms with Crippen molar-refractivity contribution in [1.29, 1.82) is 0 Å². The Balaban J connectivity index is 2.13. The number of aliphatic hydroxyl groups excluding tert-OH is 1. The molecule has 1 aromatic rings. The molecule has 0 aliphatic carbocycles. The van der Waals surface area contributed by atoms with Crippen molar-refractivity contribution in [1.82, 2.24) is 0 Å². The zero-order valence-corrected chi connectivity index (χ0v) is 8.64. The van der Waals surface area contributed by atoms with Gasteiger partial charge in [0.05, 0.1) is 6.10 Å². The second kappa shape index (κ2) is 4.36. The van der Waals surface area contributed by atoms with Crippen molar-refractivity contribution in [2.75, 3.05) is 6.79 Å². The molecule has 3 nitrogen and oxygen atoms in total. The van der Waals surface area contributed by atoms with Gasteiger partial charge in [-0.25, -0.2) is 0 Å². The van der Waals surface area contributed by atoms with Crippen molar-refractivity contribution in [2.24, 2.45) is 0 Å². The van der Waals surface area contributed by atoms with Crippen molar-refractivity contribution in [3.05, 3.63) is 29.8 Å². The van der Waals surface area contributed by atoms with E-state index in [2.05, 4.69) is 0 Å². The van der Waals surface area contributed by atoms with Gasteiger partial charge in [-0.2, -0.15) is 0 Å². The van der Waals surface area contributed by atoms with E-state index in [-0.39, 0.29) is 6.10 Å². The van der Waals surface area contributed by atoms with Crippen LogP contribution in [0.15, 0.2) is 24.3 Å². The molecule has 0 bridgehead atoms. The average Bonchev–Trinajstić information content (AvgIpc) is 2.72. The standard InChI is InChI=1S/C12H14O3/c1-2-10(13)5-3-9-4-6-11-12(7-9)15-8-14-11/h3-7,10,13H,2,8H2,1H3. The Morgan fingerprint density at radius 3 is 3.00 bits per heavy atom. The molecule has 1 aromatic carbocycles. The second-order valence-electron chi connectivity index (χ2n) is 3.45. The Hall–Kier alpha value is -1.48. The van der Waals surface area contributed by atoms with E-state index in [1.54, 1.807) is 6.08 Å². The van der Waals surface area contributed by atoms with E-state index in [1.807, 2.05) is 31.2 Å². The van der Waals surface area contributed by atoms with Gasteiger partial charge in [-0.3, -0.25) is 0 Å². The van der Waals surface area contributed by atoms with E-state index >= 15 is 0 Å². The first-order chi connectivity index (χ1) is 7.29. The zero-order chi connectivity index (χ0) is 10.7. The van der Waals surface area contributed by atoms with Crippen LogP contribution in [0.25, 0.3) is 6.08 Å². The van der Waals surface area contributed by atoms with Gasteiger partial charge in [-0.1, -0.05) is 25.1 Å². The first-order valence-corrected chi connectivity index (χ1v) is 5.05. The highest BCUT2D eigenvalue weighted by atomic mass is 16.7. The summed E-state index contributed by atoms with van der Waals surface area (Å²) in [6.45, 7) is 2.23. The normalized spacial score (nSPS) is 15.9. The van der Waals surface area contributed by atoms with Gasteiger partial charge < -0.3 is 14.6 Å². The van der Waals surface area contributed by atoms with Crippen LogP contribution in [0.3, 0.4) is 0 Å². The summed E-state index contributed by atoms with van der Waals surface area (Å²) in [5, 5.41) is 9.37. The van der Waals surface area contributed by atoms with Crippen LogP contribution in [-0.4, -0.2) is 18.0 Å². The smallest absolute Gasteiger partial charge is 0.231 e. The Labute approximate surface area is 88.9 Å². The minimum atomic E-state index is -0.379. The first-order valence-electron chi connectivity index (χ1n) is 5.05. The number of hydrogen-bond donors (Lipinski definition) is 1. The van der Waals surface area contributed by atoms with Crippen LogP contribution in [0.2, 0.25) is 0 Å². The van der Waals surface area contributed by atoms with E-state index in [0.717, 1.165) is 23.5 Å². The second-order valence-corrected chi connectivity index (χ2v) is 3.45. The summed E-state index contributed by atoms with van der Waals surface area (Å²) in [7, 11) is 0. The molecular weight excluding hydrogens is 192 g/mol. The molecule has 80 valence electrons. The summed E-state index contributed by atoms with van der Waals surface area (Å²) >= 11 is 0. The molecular formula is C12H14O3. The number of hydrogen-bond acceptors (Lipinski definition) is 3. The molecule has 0 radical (unpaired) electrons. The molecule has 1 aliphatic heterocycles. The highest BCUT2D eigenvalue weighted by Crippen LogP contribution is 2.32. The fraction of sp³-hybridized carbons (Fsp3) is 0.333. The summed E-state index contributed by atoms with van der Waals surface area (Å²) in [5.74, 6) is 1.55. The highest BCUT2D eigenvalue weighted by molar-refractivity contribution is 5.56. The van der Waals surface area contributed by atoms with E-state index in [4.69, 9.17) is 9.47 Å². The lowest BCUT2D eigenvalue weighted by molar-refractivity contribution is 0.174. The van der Waals surface area contributed by atoms with Crippen LogP contribution in [0, 0.1) is 0 Å². The van der Waals surface area contributed by atoms with Gasteiger partial charge in [-0.05, 0) is 24.1 Å². The van der Waals surface area contributed by atoms with E-state index in [9.17, 15) is 5.11 Å². The number of benzene rings is 1. The number of fused-ring (bicyclic) bond motifs is 1. The monoisotopic (exact) mass is 206 g/mol. The zero-order valence-electron chi connectivity index (χ0n) is 8.64. The minimum Gasteiger partial charge on any atom is -0.454 e. The molecule has 15 heavy (non-hydrogen) atoms. The molecule has 2 rings (SSSR count). The van der Waals surface area contributed by atoms with Crippen LogP contribution in [0.1, 0.15) is 18.9 Å². The third kappa shape index (κ3) is 2.30. The van der Waals surface area contributed by atoms with Crippen molar-refractivity contribution >= 4 is 6.08 Å². The predicted octanol–water partition coefficient (Wildman–Crippen LogP) is 2.20. The van der Waals surface area contributed by atoms with Crippen LogP contribution in [-0.2, 0) is 0 Å². The lowest BCUT2D eigenvalue weighted by Gasteiger charge is -2.00. The predicted molar refractivity (Wildman–Crippen MR) is 57.9 cm³/mol. The maximum atomic E-state index is 9.37. The average molecular weight is 206 g/mol. The van der Waals surface area contributed by atoms with Gasteiger partial charge >= 0.3 is 0 Å². The summed E-state index contributed by atoms with van der Waals surface area (Å²) in [6.07, 6.45) is 4.00. The number of aliphatic hydroxyl groups is 1. The molecule has 1 aliphatic rings. The van der Waals surface area contributed by atoms with Gasteiger partial charge in [0.2, 0.25) is 6.79 Å². The third-order valence-corrected chi connectivity index (χ3v) is 2.33. The van der Waals surface area contributed by atoms with E-state index in [1.165, 1.54) is 0 Å². The molecule has 0 saturated carbocycles. The molecule has 1 unspecified atom stereocenters. The largest absolute Gasteiger partial charge is 0.454 e. The maximum Gasteiger partial charge on any atom is 0.231 e. The van der Waals surface area contributed by atoms with Gasteiger partial charge in [0.25, 0.3) is 0 Å². The van der Waals surface area contributed by atoms with Crippen molar-refractivity contribution in [3.63, 3.8) is 0 Å². The Kier molecular flexibility index (Phi) is 2.92. The molecule has 0 saturated heterocycles. The van der Waals surface area contributed by atoms with E-state index in [0.29, 0.717) is 6.79 Å². The molecule has 0 amide bonds. The van der Waals surface area contributed by atoms with Gasteiger partial charge in [0.1, 0.15) is 0 Å². The third-order valence-electron chi connectivity index (χ3n) is 2.33. The fourth-order valence-electron chi connectivity index (χ4n) is 1.38. The van der Waals surface area contributed by atoms with Crippen LogP contribution in [0.5, 0.6) is 11.5 Å². The molecule has 0 fully saturated rings. The van der Waals surface area contributed by atoms with Crippen molar-refractivity contribution in [2.45, 2.75) is 19.4 Å².